The van der Waals surface area contributed by atoms with Crippen molar-refractivity contribution < 1.29 is 14.2 Å². The molecule has 2 N–H and O–H groups in total. The monoisotopic (exact) mass is 405 g/mol. The Morgan fingerprint density at radius 1 is 1.00 bits per heavy atom. The topological polar surface area (TPSA) is 55.0 Å². The fraction of sp³-hybridized carbons (Fsp3) is 0.222. The van der Waals surface area contributed by atoms with Crippen LogP contribution in [0.1, 0.15) is 11.7 Å². The van der Waals surface area contributed by atoms with Gasteiger partial charge in [-0.05, 0) is 36.4 Å². The Morgan fingerprint density at radius 3 is 2.20 bits per heavy atom. The summed E-state index contributed by atoms with van der Waals surface area (Å²) in [5, 5.41) is 5.29. The van der Waals surface area contributed by atoms with Gasteiger partial charge in [-0.3, -0.25) is 10.4 Å². The summed E-state index contributed by atoms with van der Waals surface area (Å²) in [4.78, 5) is 0. The predicted molar refractivity (Wildman–Crippen MR) is 101 cm³/mol. The Hall–Kier alpha value is -2.54. The molecule has 0 fully saturated rings. The number of nitrogens with one attached hydrogen (secondary N) is 2. The molecule has 0 aromatic heterocycles. The van der Waals surface area contributed by atoms with Gasteiger partial charge in [0.25, 0.3) is 0 Å². The summed E-state index contributed by atoms with van der Waals surface area (Å²) in [6, 6.07) is 11.9. The molecule has 0 saturated carbocycles. The van der Waals surface area contributed by atoms with E-state index < -0.39 is 0 Å². The van der Waals surface area contributed by atoms with Gasteiger partial charge >= 0.3 is 0 Å². The third-order valence-electron chi connectivity index (χ3n) is 3.87. The molecule has 0 radical (unpaired) electrons. The number of halogens is 1. The second kappa shape index (κ2) is 7.57. The van der Waals surface area contributed by atoms with Crippen LogP contribution in [-0.2, 0) is 0 Å². The third-order valence-corrected chi connectivity index (χ3v) is 4.40. The van der Waals surface area contributed by atoms with Gasteiger partial charge in [0.15, 0.2) is 11.5 Å². The lowest BCUT2D eigenvalue weighted by molar-refractivity contribution is 0.312. The van der Waals surface area contributed by atoms with E-state index in [1.165, 1.54) is 0 Å². The molecule has 0 saturated heterocycles. The molecule has 0 aliphatic carbocycles. The zero-order valence-electron chi connectivity index (χ0n) is 14.2. The normalized spacial score (nSPS) is 15.7. The first-order valence-corrected chi connectivity index (χ1v) is 8.48. The van der Waals surface area contributed by atoms with Crippen LogP contribution >= 0.6 is 15.9 Å². The molecule has 0 amide bonds. The van der Waals surface area contributed by atoms with Gasteiger partial charge in [0.2, 0.25) is 5.75 Å². The highest BCUT2D eigenvalue weighted by Crippen LogP contribution is 2.40. The van der Waals surface area contributed by atoms with Crippen molar-refractivity contribution in [3.63, 3.8) is 0 Å². The van der Waals surface area contributed by atoms with Crippen LogP contribution in [0.3, 0.4) is 0 Å². The molecule has 7 heteroatoms. The molecule has 3 rings (SSSR count). The Labute approximate surface area is 155 Å². The van der Waals surface area contributed by atoms with Crippen molar-refractivity contribution in [1.29, 1.82) is 0 Å². The van der Waals surface area contributed by atoms with Gasteiger partial charge in [-0.15, -0.1) is 0 Å². The lowest BCUT2D eigenvalue weighted by atomic mass is 10.1. The van der Waals surface area contributed by atoms with Crippen molar-refractivity contribution in [2.75, 3.05) is 26.8 Å². The summed E-state index contributed by atoms with van der Waals surface area (Å²) in [5.74, 6) is 1.82. The second-order valence-electron chi connectivity index (χ2n) is 5.37. The van der Waals surface area contributed by atoms with E-state index in [2.05, 4.69) is 26.7 Å². The van der Waals surface area contributed by atoms with Crippen LogP contribution in [0, 0.1) is 0 Å². The van der Waals surface area contributed by atoms with Crippen LogP contribution < -0.4 is 25.0 Å². The summed E-state index contributed by atoms with van der Waals surface area (Å²) >= 11 is 3.44. The minimum Gasteiger partial charge on any atom is -0.493 e. The van der Waals surface area contributed by atoms with Gasteiger partial charge in [0.05, 0.1) is 27.0 Å². The molecule has 1 unspecified atom stereocenters. The van der Waals surface area contributed by atoms with Crippen molar-refractivity contribution in [1.82, 2.24) is 10.3 Å². The maximum absolute atomic E-state index is 5.45. The van der Waals surface area contributed by atoms with Crippen molar-refractivity contribution in [3.05, 3.63) is 58.8 Å². The van der Waals surface area contributed by atoms with Crippen molar-refractivity contribution in [2.24, 2.45) is 0 Å². The number of benzene rings is 2. The smallest absolute Gasteiger partial charge is 0.203 e. The number of hydrazine groups is 1. The van der Waals surface area contributed by atoms with Gasteiger partial charge in [-0.2, -0.15) is 0 Å². The number of anilines is 1. The summed E-state index contributed by atoms with van der Waals surface area (Å²) in [5.41, 5.74) is 5.33. The van der Waals surface area contributed by atoms with Crippen molar-refractivity contribution >= 4 is 21.6 Å². The maximum Gasteiger partial charge on any atom is 0.203 e. The third kappa shape index (κ3) is 3.61. The van der Waals surface area contributed by atoms with Crippen LogP contribution in [0.2, 0.25) is 0 Å². The molecule has 25 heavy (non-hydrogen) atoms. The lowest BCUT2D eigenvalue weighted by Gasteiger charge is -2.28. The molecule has 2 aromatic rings. The summed E-state index contributed by atoms with van der Waals surface area (Å²) in [7, 11) is 4.81. The van der Waals surface area contributed by atoms with E-state index in [0.29, 0.717) is 17.2 Å². The highest BCUT2D eigenvalue weighted by atomic mass is 79.9. The molecule has 132 valence electrons. The van der Waals surface area contributed by atoms with Gasteiger partial charge in [-0.25, -0.2) is 0 Å². The molecule has 1 aliphatic heterocycles. The second-order valence-corrected chi connectivity index (χ2v) is 6.29. The standard InChI is InChI=1S/C18H20BrN3O3/c1-23-15-10-12(11-16(24-2)17(15)25-3)18-20-8-9-22(18)21-14-6-4-13(19)5-7-14/h4-11,18,20-21H,1-3H3. The van der Waals surface area contributed by atoms with Crippen LogP contribution in [0.5, 0.6) is 17.2 Å². The highest BCUT2D eigenvalue weighted by molar-refractivity contribution is 9.10. The molecule has 6 nitrogen and oxygen atoms in total. The lowest BCUT2D eigenvalue weighted by Crippen LogP contribution is -2.31. The number of nitrogens with zero attached hydrogens (tertiary/aromatic N) is 1. The molecular formula is C18H20BrN3O3. The van der Waals surface area contributed by atoms with Crippen LogP contribution in [0.4, 0.5) is 5.69 Å². The highest BCUT2D eigenvalue weighted by Gasteiger charge is 2.24. The van der Waals surface area contributed by atoms with E-state index in [9.17, 15) is 0 Å². The van der Waals surface area contributed by atoms with Gasteiger partial charge in [0.1, 0.15) is 6.17 Å². The van der Waals surface area contributed by atoms with E-state index in [4.69, 9.17) is 14.2 Å². The van der Waals surface area contributed by atoms with E-state index in [-0.39, 0.29) is 6.17 Å². The maximum atomic E-state index is 5.45. The molecule has 1 aliphatic rings. The van der Waals surface area contributed by atoms with Crippen LogP contribution in [0.25, 0.3) is 0 Å². The molecule has 0 spiro atoms. The van der Waals surface area contributed by atoms with E-state index in [0.717, 1.165) is 15.7 Å². The summed E-state index contributed by atoms with van der Waals surface area (Å²) in [6.07, 6.45) is 3.72. The van der Waals surface area contributed by atoms with Crippen molar-refractivity contribution in [2.45, 2.75) is 6.17 Å². The van der Waals surface area contributed by atoms with Gasteiger partial charge in [-0.1, -0.05) is 15.9 Å². The summed E-state index contributed by atoms with van der Waals surface area (Å²) in [6.45, 7) is 0. The number of rotatable bonds is 6. The van der Waals surface area contributed by atoms with Crippen molar-refractivity contribution in [3.8, 4) is 17.2 Å². The minimum absolute atomic E-state index is 0.114. The predicted octanol–water partition coefficient (Wildman–Crippen LogP) is 3.88. The van der Waals surface area contributed by atoms with Crippen LogP contribution in [0.15, 0.2) is 53.3 Å². The minimum atomic E-state index is -0.114. The molecule has 1 atom stereocenters. The van der Waals surface area contributed by atoms with E-state index >= 15 is 0 Å². The fourth-order valence-corrected chi connectivity index (χ4v) is 2.94. The zero-order chi connectivity index (χ0) is 17.8. The Kier molecular flexibility index (Phi) is 5.23. The fourth-order valence-electron chi connectivity index (χ4n) is 2.67. The Morgan fingerprint density at radius 2 is 1.64 bits per heavy atom. The first-order chi connectivity index (χ1) is 12.2. The van der Waals surface area contributed by atoms with Gasteiger partial charge in [0, 0.05) is 22.4 Å². The van der Waals surface area contributed by atoms with Crippen LogP contribution in [-0.4, -0.2) is 26.3 Å². The quantitative estimate of drug-likeness (QED) is 0.760. The largest absolute Gasteiger partial charge is 0.493 e. The van der Waals surface area contributed by atoms with Gasteiger partial charge < -0.3 is 19.5 Å². The van der Waals surface area contributed by atoms with E-state index in [1.54, 1.807) is 21.3 Å². The first kappa shape index (κ1) is 17.3. The molecule has 0 bridgehead atoms. The van der Waals surface area contributed by atoms with E-state index in [1.807, 2.05) is 53.8 Å². The number of ether oxygens (including phenoxy) is 3. The Balaban J connectivity index is 1.88. The average molecular weight is 406 g/mol. The number of methoxy groups -OCH3 is 3. The Bertz CT molecular complexity index is 740. The first-order valence-electron chi connectivity index (χ1n) is 7.69. The molecule has 2 aromatic carbocycles. The number of hydrogen-bond donors (Lipinski definition) is 2. The average Bonchev–Trinajstić information content (AvgIpc) is 3.10. The molecular weight excluding hydrogens is 386 g/mol. The summed E-state index contributed by atoms with van der Waals surface area (Å²) < 4.78 is 17.3. The molecule has 1 heterocycles. The number of hydrogen-bond acceptors (Lipinski definition) is 6. The SMILES string of the molecule is COc1cc(C2NC=CN2Nc2ccc(Br)cc2)cc(OC)c1OC. The zero-order valence-corrected chi connectivity index (χ0v) is 15.8.